The molecule has 4 heteroatoms. The fourth-order valence-electron chi connectivity index (χ4n) is 0.748. The fourth-order valence-corrected chi connectivity index (χ4v) is 1.20. The molecule has 1 N–H and O–H groups in total. The van der Waals surface area contributed by atoms with Crippen LogP contribution in [0.4, 0.5) is 5.82 Å². The van der Waals surface area contributed by atoms with Crippen molar-refractivity contribution in [1.82, 2.24) is 4.98 Å². The maximum absolute atomic E-state index is 8.29. The number of rotatable bonds is 3. The van der Waals surface area contributed by atoms with E-state index < -0.39 is 0 Å². The molecule has 1 aromatic heterocycles. The van der Waals surface area contributed by atoms with Crippen LogP contribution in [0.2, 0.25) is 0 Å². The molecule has 1 heterocycles. The van der Waals surface area contributed by atoms with Crippen LogP contribution in [-0.2, 0) is 0 Å². The zero-order valence-electron chi connectivity index (χ0n) is 6.42. The molecule has 0 radical (unpaired) electrons. The second-order valence-electron chi connectivity index (χ2n) is 2.19. The average molecular weight is 273 g/mol. The topological polar surface area (TPSA) is 48.7 Å². The van der Waals surface area contributed by atoms with Gasteiger partial charge >= 0.3 is 0 Å². The third kappa shape index (κ3) is 3.05. The zero-order valence-corrected chi connectivity index (χ0v) is 8.58. The van der Waals surface area contributed by atoms with E-state index >= 15 is 0 Å². The Balaban J connectivity index is 2.48. The molecule has 0 unspecified atom stereocenters. The van der Waals surface area contributed by atoms with Gasteiger partial charge in [0.05, 0.1) is 12.5 Å². The van der Waals surface area contributed by atoms with E-state index in [-0.39, 0.29) is 0 Å². The number of halogens is 1. The van der Waals surface area contributed by atoms with Crippen LogP contribution < -0.4 is 5.32 Å². The van der Waals surface area contributed by atoms with Gasteiger partial charge in [-0.15, -0.1) is 0 Å². The Hall–Kier alpha value is -0.830. The van der Waals surface area contributed by atoms with Crippen molar-refractivity contribution < 1.29 is 0 Å². The first kappa shape index (κ1) is 9.26. The Labute approximate surface area is 85.0 Å². The lowest BCUT2D eigenvalue weighted by Gasteiger charge is -2.01. The van der Waals surface area contributed by atoms with Crippen molar-refractivity contribution in [3.63, 3.8) is 0 Å². The summed E-state index contributed by atoms with van der Waals surface area (Å²) in [5.41, 5.74) is 0. The Bertz CT molecular complexity index is 293. The number of nitriles is 1. The number of aromatic nitrogens is 1. The summed E-state index contributed by atoms with van der Waals surface area (Å²) in [7, 11) is 0. The van der Waals surface area contributed by atoms with E-state index in [2.05, 4.69) is 39.0 Å². The smallest absolute Gasteiger partial charge is 0.126 e. The van der Waals surface area contributed by atoms with Gasteiger partial charge in [0, 0.05) is 16.3 Å². The van der Waals surface area contributed by atoms with Gasteiger partial charge in [-0.2, -0.15) is 5.26 Å². The van der Waals surface area contributed by atoms with Crippen molar-refractivity contribution in [3.05, 3.63) is 21.9 Å². The molecule has 1 aromatic rings. The molecular weight excluding hydrogens is 265 g/mol. The van der Waals surface area contributed by atoms with Gasteiger partial charge < -0.3 is 5.32 Å². The molecule has 0 aliphatic heterocycles. The lowest BCUT2D eigenvalue weighted by molar-refractivity contribution is 1.05. The molecule has 0 aromatic carbocycles. The molecular formula is C8H8IN3. The van der Waals surface area contributed by atoms with Crippen LogP contribution in [0.15, 0.2) is 18.3 Å². The molecule has 0 amide bonds. The number of hydrogen-bond donors (Lipinski definition) is 1. The molecule has 0 fully saturated rings. The molecule has 0 saturated carbocycles. The molecule has 0 aliphatic rings. The Morgan fingerprint density at radius 3 is 3.17 bits per heavy atom. The minimum atomic E-state index is 0.507. The molecule has 0 saturated heterocycles. The van der Waals surface area contributed by atoms with E-state index in [0.29, 0.717) is 13.0 Å². The van der Waals surface area contributed by atoms with Gasteiger partial charge in [0.1, 0.15) is 5.82 Å². The summed E-state index contributed by atoms with van der Waals surface area (Å²) in [5.74, 6) is 0.831. The highest BCUT2D eigenvalue weighted by molar-refractivity contribution is 14.1. The lowest BCUT2D eigenvalue weighted by Crippen LogP contribution is -2.01. The predicted octanol–water partition coefficient (Wildman–Crippen LogP) is 2.01. The summed E-state index contributed by atoms with van der Waals surface area (Å²) in [4.78, 5) is 4.09. The van der Waals surface area contributed by atoms with Gasteiger partial charge in [-0.3, -0.25) is 0 Å². The first-order chi connectivity index (χ1) is 5.83. The molecule has 0 bridgehead atoms. The number of hydrogen-bond acceptors (Lipinski definition) is 3. The predicted molar refractivity (Wildman–Crippen MR) is 55.7 cm³/mol. The summed E-state index contributed by atoms with van der Waals surface area (Å²) < 4.78 is 1.14. The first-order valence-corrected chi connectivity index (χ1v) is 4.63. The van der Waals surface area contributed by atoms with Crippen molar-refractivity contribution in [3.8, 4) is 6.07 Å². The van der Waals surface area contributed by atoms with Crippen LogP contribution in [-0.4, -0.2) is 11.5 Å². The van der Waals surface area contributed by atoms with Crippen LogP contribution in [0, 0.1) is 14.9 Å². The third-order valence-corrected chi connectivity index (χ3v) is 1.94. The van der Waals surface area contributed by atoms with Crippen LogP contribution in [0.25, 0.3) is 0 Å². The second-order valence-corrected chi connectivity index (χ2v) is 3.44. The minimum Gasteiger partial charge on any atom is -0.369 e. The molecule has 0 aliphatic carbocycles. The van der Waals surface area contributed by atoms with Crippen LogP contribution in [0.5, 0.6) is 0 Å². The quantitative estimate of drug-likeness (QED) is 0.677. The second kappa shape index (κ2) is 4.93. The van der Waals surface area contributed by atoms with Gasteiger partial charge in [-0.1, -0.05) is 0 Å². The average Bonchev–Trinajstić information content (AvgIpc) is 2.05. The zero-order chi connectivity index (χ0) is 8.81. The van der Waals surface area contributed by atoms with E-state index in [1.165, 1.54) is 0 Å². The molecule has 62 valence electrons. The number of anilines is 1. The van der Waals surface area contributed by atoms with E-state index in [4.69, 9.17) is 5.26 Å². The van der Waals surface area contributed by atoms with Gasteiger partial charge in [0.15, 0.2) is 0 Å². The van der Waals surface area contributed by atoms with E-state index in [1.807, 2.05) is 12.1 Å². The summed E-state index contributed by atoms with van der Waals surface area (Å²) in [6.07, 6.45) is 2.25. The Morgan fingerprint density at radius 1 is 1.67 bits per heavy atom. The first-order valence-electron chi connectivity index (χ1n) is 3.55. The molecule has 0 atom stereocenters. The van der Waals surface area contributed by atoms with E-state index in [1.54, 1.807) is 6.20 Å². The van der Waals surface area contributed by atoms with E-state index in [9.17, 15) is 0 Å². The van der Waals surface area contributed by atoms with Gasteiger partial charge in [0.2, 0.25) is 0 Å². The molecule has 12 heavy (non-hydrogen) atoms. The molecule has 1 rings (SSSR count). The van der Waals surface area contributed by atoms with Crippen LogP contribution >= 0.6 is 22.6 Å². The highest BCUT2D eigenvalue weighted by atomic mass is 127. The van der Waals surface area contributed by atoms with Gasteiger partial charge in [-0.05, 0) is 34.7 Å². The van der Waals surface area contributed by atoms with Crippen molar-refractivity contribution in [2.45, 2.75) is 6.42 Å². The van der Waals surface area contributed by atoms with Crippen LogP contribution in [0.3, 0.4) is 0 Å². The molecule has 0 spiro atoms. The monoisotopic (exact) mass is 273 g/mol. The summed E-state index contributed by atoms with van der Waals surface area (Å²) >= 11 is 2.22. The summed E-state index contributed by atoms with van der Waals surface area (Å²) in [5, 5.41) is 11.3. The lowest BCUT2D eigenvalue weighted by atomic mass is 10.4. The highest BCUT2D eigenvalue weighted by Crippen LogP contribution is 2.08. The normalized spacial score (nSPS) is 9.00. The number of nitrogens with zero attached hydrogens (tertiary/aromatic N) is 2. The highest BCUT2D eigenvalue weighted by Gasteiger charge is 1.92. The SMILES string of the molecule is N#CCCNc1cc(I)ccn1. The molecule has 3 nitrogen and oxygen atoms in total. The van der Waals surface area contributed by atoms with Gasteiger partial charge in [0.25, 0.3) is 0 Å². The van der Waals surface area contributed by atoms with Gasteiger partial charge in [-0.25, -0.2) is 4.98 Å². The van der Waals surface area contributed by atoms with Crippen molar-refractivity contribution in [2.24, 2.45) is 0 Å². The summed E-state index contributed by atoms with van der Waals surface area (Å²) in [6.45, 7) is 0.656. The van der Waals surface area contributed by atoms with Crippen LogP contribution in [0.1, 0.15) is 6.42 Å². The fraction of sp³-hybridized carbons (Fsp3) is 0.250. The maximum atomic E-state index is 8.29. The largest absolute Gasteiger partial charge is 0.369 e. The van der Waals surface area contributed by atoms with Crippen molar-refractivity contribution >= 4 is 28.4 Å². The minimum absolute atomic E-state index is 0.507. The number of nitrogens with one attached hydrogen (secondary N) is 1. The summed E-state index contributed by atoms with van der Waals surface area (Å²) in [6, 6.07) is 5.93. The van der Waals surface area contributed by atoms with Crippen molar-refractivity contribution in [1.29, 1.82) is 5.26 Å². The third-order valence-electron chi connectivity index (χ3n) is 1.26. The standard InChI is InChI=1S/C8H8IN3/c9-7-2-5-12-8(6-7)11-4-1-3-10/h2,5-6H,1,4H2,(H,11,12). The maximum Gasteiger partial charge on any atom is 0.126 e. The Morgan fingerprint density at radius 2 is 2.50 bits per heavy atom. The van der Waals surface area contributed by atoms with Crippen molar-refractivity contribution in [2.75, 3.05) is 11.9 Å². The Kier molecular flexibility index (Phi) is 3.80. The number of pyridine rings is 1. The van der Waals surface area contributed by atoms with E-state index in [0.717, 1.165) is 9.39 Å².